The SMILES string of the molecule is c1ccc2c(c1)OC(c1cn[nH]n1)O2. The minimum atomic E-state index is -0.480. The third kappa shape index (κ3) is 1.02. The summed E-state index contributed by atoms with van der Waals surface area (Å²) in [7, 11) is 0. The maximum atomic E-state index is 5.51. The van der Waals surface area contributed by atoms with Crippen molar-refractivity contribution in [2.75, 3.05) is 0 Å². The van der Waals surface area contributed by atoms with Gasteiger partial charge in [-0.05, 0) is 12.1 Å². The summed E-state index contributed by atoms with van der Waals surface area (Å²) >= 11 is 0. The van der Waals surface area contributed by atoms with Gasteiger partial charge in [-0.2, -0.15) is 15.4 Å². The zero-order valence-electron chi connectivity index (χ0n) is 7.18. The van der Waals surface area contributed by atoms with Crippen LogP contribution in [0.15, 0.2) is 30.5 Å². The normalized spacial score (nSPS) is 14.6. The molecular formula is C9H7N3O2. The molecule has 2 aromatic rings. The minimum absolute atomic E-state index is 0.480. The van der Waals surface area contributed by atoms with Crippen LogP contribution >= 0.6 is 0 Å². The number of nitrogens with zero attached hydrogens (tertiary/aromatic N) is 2. The average molecular weight is 189 g/mol. The molecule has 5 nitrogen and oxygen atoms in total. The Morgan fingerprint density at radius 3 is 2.43 bits per heavy atom. The molecule has 0 amide bonds. The smallest absolute Gasteiger partial charge is 0.288 e. The first kappa shape index (κ1) is 7.37. The summed E-state index contributed by atoms with van der Waals surface area (Å²) in [5.41, 5.74) is 0.640. The Morgan fingerprint density at radius 2 is 1.86 bits per heavy atom. The molecule has 0 saturated heterocycles. The van der Waals surface area contributed by atoms with E-state index in [1.807, 2.05) is 24.3 Å². The van der Waals surface area contributed by atoms with Gasteiger partial charge in [-0.3, -0.25) is 0 Å². The number of H-pyrrole nitrogens is 1. The molecule has 3 rings (SSSR count). The van der Waals surface area contributed by atoms with Crippen LogP contribution in [0.25, 0.3) is 0 Å². The first-order valence-corrected chi connectivity index (χ1v) is 4.21. The van der Waals surface area contributed by atoms with Crippen LogP contribution in [0.3, 0.4) is 0 Å². The molecule has 70 valence electrons. The second-order valence-corrected chi connectivity index (χ2v) is 2.91. The van der Waals surface area contributed by atoms with Crippen LogP contribution in [0, 0.1) is 0 Å². The van der Waals surface area contributed by atoms with E-state index < -0.39 is 6.29 Å². The van der Waals surface area contributed by atoms with E-state index in [1.165, 1.54) is 0 Å². The number of nitrogens with one attached hydrogen (secondary N) is 1. The molecule has 0 bridgehead atoms. The van der Waals surface area contributed by atoms with Crippen LogP contribution in [0.1, 0.15) is 12.0 Å². The highest BCUT2D eigenvalue weighted by Gasteiger charge is 2.26. The number of benzene rings is 1. The van der Waals surface area contributed by atoms with Crippen molar-refractivity contribution >= 4 is 0 Å². The Kier molecular flexibility index (Phi) is 1.44. The molecule has 0 saturated carbocycles. The molecule has 1 aromatic carbocycles. The number of hydrogen-bond acceptors (Lipinski definition) is 4. The molecule has 0 aliphatic carbocycles. The number of fused-ring (bicyclic) bond motifs is 1. The molecule has 1 aromatic heterocycles. The van der Waals surface area contributed by atoms with Gasteiger partial charge in [0.25, 0.3) is 6.29 Å². The number of aromatic amines is 1. The lowest BCUT2D eigenvalue weighted by molar-refractivity contribution is 0.0446. The van der Waals surface area contributed by atoms with Gasteiger partial charge in [0, 0.05) is 0 Å². The summed E-state index contributed by atoms with van der Waals surface area (Å²) in [6.45, 7) is 0. The molecule has 0 fully saturated rings. The number of para-hydroxylation sites is 2. The summed E-state index contributed by atoms with van der Waals surface area (Å²) < 4.78 is 11.0. The maximum Gasteiger partial charge on any atom is 0.288 e. The minimum Gasteiger partial charge on any atom is -0.445 e. The van der Waals surface area contributed by atoms with E-state index in [9.17, 15) is 0 Å². The molecule has 0 atom stereocenters. The lowest BCUT2D eigenvalue weighted by Crippen LogP contribution is -2.08. The Balaban J connectivity index is 1.92. The molecule has 2 heterocycles. The van der Waals surface area contributed by atoms with Crippen LogP contribution < -0.4 is 9.47 Å². The zero-order chi connectivity index (χ0) is 9.38. The lowest BCUT2D eigenvalue weighted by atomic mass is 10.3. The number of rotatable bonds is 1. The van der Waals surface area contributed by atoms with E-state index in [1.54, 1.807) is 6.20 Å². The molecule has 5 heteroatoms. The van der Waals surface area contributed by atoms with Crippen molar-refractivity contribution < 1.29 is 9.47 Å². The Bertz CT molecular complexity index is 416. The van der Waals surface area contributed by atoms with Crippen molar-refractivity contribution in [3.8, 4) is 11.5 Å². The maximum absolute atomic E-state index is 5.51. The molecule has 0 unspecified atom stereocenters. The second kappa shape index (κ2) is 2.73. The van der Waals surface area contributed by atoms with Crippen molar-refractivity contribution in [3.05, 3.63) is 36.2 Å². The highest BCUT2D eigenvalue weighted by molar-refractivity contribution is 5.42. The second-order valence-electron chi connectivity index (χ2n) is 2.91. The first-order chi connectivity index (χ1) is 6.93. The molecule has 0 radical (unpaired) electrons. The largest absolute Gasteiger partial charge is 0.445 e. The van der Waals surface area contributed by atoms with E-state index in [0.717, 1.165) is 11.5 Å². The molecule has 0 spiro atoms. The van der Waals surface area contributed by atoms with Crippen molar-refractivity contribution in [1.29, 1.82) is 0 Å². The topological polar surface area (TPSA) is 60.0 Å². The lowest BCUT2D eigenvalue weighted by Gasteiger charge is -2.04. The van der Waals surface area contributed by atoms with Crippen LogP contribution in [0.2, 0.25) is 0 Å². The van der Waals surface area contributed by atoms with Gasteiger partial charge in [-0.25, -0.2) is 0 Å². The highest BCUT2D eigenvalue weighted by atomic mass is 16.7. The predicted octanol–water partition coefficient (Wildman–Crippen LogP) is 1.27. The fourth-order valence-corrected chi connectivity index (χ4v) is 1.34. The van der Waals surface area contributed by atoms with Crippen molar-refractivity contribution in [2.24, 2.45) is 0 Å². The standard InChI is InChI=1S/C9H7N3O2/c1-2-4-8-7(3-1)13-9(14-8)6-5-10-12-11-6/h1-5,9H,(H,10,11,12). The summed E-state index contributed by atoms with van der Waals surface area (Å²) in [5.74, 6) is 1.47. The monoisotopic (exact) mass is 189 g/mol. The summed E-state index contributed by atoms with van der Waals surface area (Å²) in [6.07, 6.45) is 1.10. The van der Waals surface area contributed by atoms with E-state index in [2.05, 4.69) is 15.4 Å². The van der Waals surface area contributed by atoms with Gasteiger partial charge in [-0.1, -0.05) is 12.1 Å². The fraction of sp³-hybridized carbons (Fsp3) is 0.111. The van der Waals surface area contributed by atoms with Crippen LogP contribution in [-0.4, -0.2) is 15.4 Å². The van der Waals surface area contributed by atoms with E-state index in [0.29, 0.717) is 5.69 Å². The van der Waals surface area contributed by atoms with Crippen LogP contribution in [0.4, 0.5) is 0 Å². The first-order valence-electron chi connectivity index (χ1n) is 4.21. The van der Waals surface area contributed by atoms with E-state index in [4.69, 9.17) is 9.47 Å². The van der Waals surface area contributed by atoms with Gasteiger partial charge in [0.15, 0.2) is 17.2 Å². The van der Waals surface area contributed by atoms with Crippen molar-refractivity contribution in [1.82, 2.24) is 15.4 Å². The van der Waals surface area contributed by atoms with Gasteiger partial charge in [0.1, 0.15) is 0 Å². The van der Waals surface area contributed by atoms with Crippen LogP contribution in [-0.2, 0) is 0 Å². The average Bonchev–Trinajstić information content (AvgIpc) is 2.86. The molecule has 1 aliphatic rings. The third-order valence-corrected chi connectivity index (χ3v) is 1.99. The molecule has 1 N–H and O–H groups in total. The molecule has 14 heavy (non-hydrogen) atoms. The van der Waals surface area contributed by atoms with Crippen LogP contribution in [0.5, 0.6) is 11.5 Å². The van der Waals surface area contributed by atoms with Gasteiger partial charge >= 0.3 is 0 Å². The van der Waals surface area contributed by atoms with Gasteiger partial charge in [0.05, 0.1) is 6.20 Å². The third-order valence-electron chi connectivity index (χ3n) is 1.99. The summed E-state index contributed by atoms with van der Waals surface area (Å²) in [6, 6.07) is 7.51. The van der Waals surface area contributed by atoms with Gasteiger partial charge < -0.3 is 9.47 Å². The number of aromatic nitrogens is 3. The van der Waals surface area contributed by atoms with Gasteiger partial charge in [-0.15, -0.1) is 0 Å². The summed E-state index contributed by atoms with van der Waals surface area (Å²) in [4.78, 5) is 0. The number of ether oxygens (including phenoxy) is 2. The Hall–Kier alpha value is -2.04. The summed E-state index contributed by atoms with van der Waals surface area (Å²) in [5, 5.41) is 10.1. The highest BCUT2D eigenvalue weighted by Crippen LogP contribution is 2.38. The number of hydrogen-bond donors (Lipinski definition) is 1. The van der Waals surface area contributed by atoms with E-state index in [-0.39, 0.29) is 0 Å². The Morgan fingerprint density at radius 1 is 1.14 bits per heavy atom. The van der Waals surface area contributed by atoms with Crippen molar-refractivity contribution in [3.63, 3.8) is 0 Å². The predicted molar refractivity (Wildman–Crippen MR) is 46.8 cm³/mol. The van der Waals surface area contributed by atoms with E-state index >= 15 is 0 Å². The zero-order valence-corrected chi connectivity index (χ0v) is 7.18. The molecular weight excluding hydrogens is 182 g/mol. The van der Waals surface area contributed by atoms with Gasteiger partial charge in [0.2, 0.25) is 0 Å². The van der Waals surface area contributed by atoms with Crippen molar-refractivity contribution in [2.45, 2.75) is 6.29 Å². The Labute approximate surface area is 79.7 Å². The fourth-order valence-electron chi connectivity index (χ4n) is 1.34. The molecule has 1 aliphatic heterocycles. The quantitative estimate of drug-likeness (QED) is 0.733.